The Hall–Kier alpha value is -0.810. The Labute approximate surface area is 141 Å². The van der Waals surface area contributed by atoms with Gasteiger partial charge in [0.15, 0.2) is 0 Å². The van der Waals surface area contributed by atoms with E-state index in [1.54, 1.807) is 4.90 Å². The van der Waals surface area contributed by atoms with Gasteiger partial charge in [-0.2, -0.15) is 0 Å². The van der Waals surface area contributed by atoms with Crippen molar-refractivity contribution in [2.45, 2.75) is 52.1 Å². The Bertz CT molecular complexity index is 367. The smallest absolute Gasteiger partial charge is 0.317 e. The second-order valence-electron chi connectivity index (χ2n) is 7.93. The third-order valence-electron chi connectivity index (χ3n) is 5.35. The summed E-state index contributed by atoms with van der Waals surface area (Å²) in [6.07, 6.45) is 5.11. The van der Waals surface area contributed by atoms with Crippen LogP contribution in [-0.2, 0) is 0 Å². The highest BCUT2D eigenvalue weighted by atomic mass is 16.3. The molecule has 0 aromatic rings. The molecule has 23 heavy (non-hydrogen) atoms. The summed E-state index contributed by atoms with van der Waals surface area (Å²) in [5.41, 5.74) is 0. The summed E-state index contributed by atoms with van der Waals surface area (Å²) in [7, 11) is 1.83. The fourth-order valence-electron chi connectivity index (χ4n) is 4.27. The molecule has 1 heterocycles. The van der Waals surface area contributed by atoms with E-state index in [4.69, 9.17) is 0 Å². The Balaban J connectivity index is 1.59. The van der Waals surface area contributed by atoms with Crippen LogP contribution in [0.15, 0.2) is 0 Å². The molecule has 5 nitrogen and oxygen atoms in total. The molecule has 0 spiro atoms. The molecule has 1 aliphatic carbocycles. The van der Waals surface area contributed by atoms with Crippen LogP contribution < -0.4 is 5.32 Å². The molecule has 2 N–H and O–H groups in total. The summed E-state index contributed by atoms with van der Waals surface area (Å²) in [6, 6.07) is -0.00974. The van der Waals surface area contributed by atoms with E-state index in [1.165, 1.54) is 19.5 Å². The number of aliphatic hydroxyl groups is 1. The zero-order chi connectivity index (χ0) is 16.8. The first-order chi connectivity index (χ1) is 11.0. The van der Waals surface area contributed by atoms with Gasteiger partial charge in [0.1, 0.15) is 0 Å². The zero-order valence-electron chi connectivity index (χ0n) is 15.1. The van der Waals surface area contributed by atoms with Gasteiger partial charge in [-0.1, -0.05) is 20.3 Å². The molecule has 0 bridgehead atoms. The summed E-state index contributed by atoms with van der Waals surface area (Å²) in [4.78, 5) is 16.4. The van der Waals surface area contributed by atoms with Crippen molar-refractivity contribution in [1.82, 2.24) is 15.1 Å². The number of carbonyl (C=O) groups is 1. The average molecular weight is 325 g/mol. The highest BCUT2D eigenvalue weighted by Crippen LogP contribution is 2.26. The molecule has 2 amide bonds. The Morgan fingerprint density at radius 1 is 1.26 bits per heavy atom. The molecule has 2 rings (SSSR count). The van der Waals surface area contributed by atoms with E-state index >= 15 is 0 Å². The molecular formula is C18H35N3O2. The maximum Gasteiger partial charge on any atom is 0.317 e. The van der Waals surface area contributed by atoms with Gasteiger partial charge >= 0.3 is 6.03 Å². The zero-order valence-corrected chi connectivity index (χ0v) is 15.1. The Kier molecular flexibility index (Phi) is 7.15. The van der Waals surface area contributed by atoms with Crippen molar-refractivity contribution in [1.29, 1.82) is 0 Å². The minimum absolute atomic E-state index is 0.00974. The first kappa shape index (κ1) is 18.5. The number of carbonyl (C=O) groups excluding carboxylic acids is 1. The van der Waals surface area contributed by atoms with Gasteiger partial charge in [-0.05, 0) is 44.1 Å². The van der Waals surface area contributed by atoms with Crippen molar-refractivity contribution in [3.63, 3.8) is 0 Å². The fourth-order valence-corrected chi connectivity index (χ4v) is 4.27. The number of hydrogen-bond acceptors (Lipinski definition) is 3. The Morgan fingerprint density at radius 2 is 1.96 bits per heavy atom. The van der Waals surface area contributed by atoms with Crippen molar-refractivity contribution in [2.75, 3.05) is 39.8 Å². The maximum absolute atomic E-state index is 12.1. The van der Waals surface area contributed by atoms with E-state index in [0.717, 1.165) is 50.6 Å². The molecule has 4 atom stereocenters. The van der Waals surface area contributed by atoms with E-state index in [2.05, 4.69) is 24.1 Å². The number of nitrogens with one attached hydrogen (secondary N) is 1. The van der Waals surface area contributed by atoms with Gasteiger partial charge in [0.2, 0.25) is 0 Å². The highest BCUT2D eigenvalue weighted by molar-refractivity contribution is 5.73. The minimum atomic E-state index is -0.228. The van der Waals surface area contributed by atoms with Crippen LogP contribution in [0.2, 0.25) is 0 Å². The molecule has 2 fully saturated rings. The topological polar surface area (TPSA) is 55.8 Å². The van der Waals surface area contributed by atoms with Crippen LogP contribution in [0, 0.1) is 17.8 Å². The summed E-state index contributed by atoms with van der Waals surface area (Å²) in [5.74, 6) is 1.83. The van der Waals surface area contributed by atoms with Gasteiger partial charge in [0.25, 0.3) is 0 Å². The maximum atomic E-state index is 12.1. The molecule has 2 aliphatic rings. The van der Waals surface area contributed by atoms with E-state index < -0.39 is 0 Å². The normalized spacial score (nSPS) is 32.0. The SMILES string of the molecule is CC1CC(C)CN(CCCNC(=O)N(C)CC2CCCC2O)C1. The van der Waals surface area contributed by atoms with Gasteiger partial charge in [0, 0.05) is 39.1 Å². The van der Waals surface area contributed by atoms with Crippen LogP contribution in [0.25, 0.3) is 0 Å². The molecule has 0 radical (unpaired) electrons. The predicted molar refractivity (Wildman–Crippen MR) is 93.4 cm³/mol. The molecule has 0 aromatic heterocycles. The number of hydrogen-bond donors (Lipinski definition) is 2. The largest absolute Gasteiger partial charge is 0.393 e. The van der Waals surface area contributed by atoms with Crippen LogP contribution in [0.3, 0.4) is 0 Å². The van der Waals surface area contributed by atoms with Crippen molar-refractivity contribution >= 4 is 6.03 Å². The van der Waals surface area contributed by atoms with Crippen LogP contribution >= 0.6 is 0 Å². The van der Waals surface area contributed by atoms with Crippen LogP contribution in [0.1, 0.15) is 46.0 Å². The summed E-state index contributed by atoms with van der Waals surface area (Å²) >= 11 is 0. The number of piperidine rings is 1. The molecule has 5 heteroatoms. The number of rotatable bonds is 6. The lowest BCUT2D eigenvalue weighted by molar-refractivity contribution is 0.113. The first-order valence-electron chi connectivity index (χ1n) is 9.35. The third-order valence-corrected chi connectivity index (χ3v) is 5.35. The number of urea groups is 1. The first-order valence-corrected chi connectivity index (χ1v) is 9.35. The molecule has 1 saturated heterocycles. The van der Waals surface area contributed by atoms with Crippen LogP contribution in [0.4, 0.5) is 4.79 Å². The van der Waals surface area contributed by atoms with Gasteiger partial charge in [-0.15, -0.1) is 0 Å². The lowest BCUT2D eigenvalue weighted by Crippen LogP contribution is -2.43. The van der Waals surface area contributed by atoms with Gasteiger partial charge in [0.05, 0.1) is 6.10 Å². The van der Waals surface area contributed by atoms with E-state index in [9.17, 15) is 9.90 Å². The van der Waals surface area contributed by atoms with Crippen LogP contribution in [-0.4, -0.2) is 66.8 Å². The van der Waals surface area contributed by atoms with Crippen molar-refractivity contribution in [2.24, 2.45) is 17.8 Å². The average Bonchev–Trinajstić information content (AvgIpc) is 2.87. The minimum Gasteiger partial charge on any atom is -0.393 e. The molecule has 1 aliphatic heterocycles. The van der Waals surface area contributed by atoms with Crippen LogP contribution in [0.5, 0.6) is 0 Å². The highest BCUT2D eigenvalue weighted by Gasteiger charge is 2.27. The number of likely N-dealkylation sites (tertiary alicyclic amines) is 1. The van der Waals surface area contributed by atoms with E-state index in [0.29, 0.717) is 6.54 Å². The standard InChI is InChI=1S/C18H35N3O2/c1-14-10-15(2)12-21(11-14)9-5-8-19-18(23)20(3)13-16-6-4-7-17(16)22/h14-17,22H,4-13H2,1-3H3,(H,19,23). The second kappa shape index (κ2) is 8.88. The second-order valence-corrected chi connectivity index (χ2v) is 7.93. The summed E-state index contributed by atoms with van der Waals surface area (Å²) in [6.45, 7) is 9.51. The fraction of sp³-hybridized carbons (Fsp3) is 0.944. The van der Waals surface area contributed by atoms with Gasteiger partial charge in [-0.3, -0.25) is 0 Å². The summed E-state index contributed by atoms with van der Waals surface area (Å²) in [5, 5.41) is 12.9. The monoisotopic (exact) mass is 325 g/mol. The van der Waals surface area contributed by atoms with Crippen molar-refractivity contribution in [3.05, 3.63) is 0 Å². The molecule has 0 aromatic carbocycles. The number of amides is 2. The number of nitrogens with zero attached hydrogens (tertiary/aromatic N) is 2. The lowest BCUT2D eigenvalue weighted by atomic mass is 9.92. The molecular weight excluding hydrogens is 290 g/mol. The van der Waals surface area contributed by atoms with Crippen molar-refractivity contribution < 1.29 is 9.90 Å². The lowest BCUT2D eigenvalue weighted by Gasteiger charge is -2.35. The van der Waals surface area contributed by atoms with Crippen molar-refractivity contribution in [3.8, 4) is 0 Å². The summed E-state index contributed by atoms with van der Waals surface area (Å²) < 4.78 is 0. The predicted octanol–water partition coefficient (Wildman–Crippen LogP) is 2.16. The van der Waals surface area contributed by atoms with Gasteiger partial charge in [-0.25, -0.2) is 4.79 Å². The van der Waals surface area contributed by atoms with Gasteiger partial charge < -0.3 is 20.2 Å². The molecule has 134 valence electrons. The van der Waals surface area contributed by atoms with E-state index in [-0.39, 0.29) is 18.1 Å². The quantitative estimate of drug-likeness (QED) is 0.736. The van der Waals surface area contributed by atoms with E-state index in [1.807, 2.05) is 7.05 Å². The molecule has 1 saturated carbocycles. The molecule has 4 unspecified atom stereocenters. The number of aliphatic hydroxyl groups excluding tert-OH is 1. The third kappa shape index (κ3) is 5.96. The Morgan fingerprint density at radius 3 is 2.57 bits per heavy atom.